The van der Waals surface area contributed by atoms with Gasteiger partial charge in [-0.05, 0) is 70.8 Å². The van der Waals surface area contributed by atoms with Crippen molar-refractivity contribution < 1.29 is 9.59 Å². The minimum atomic E-state index is -0.0465. The summed E-state index contributed by atoms with van der Waals surface area (Å²) in [4.78, 5) is 26.9. The zero-order valence-electron chi connectivity index (χ0n) is 17.3. The SMILES string of the molecule is CC(C)N(CCNC(=O)CCC(=O)c1ccc2c(c1)CCNCC2)C(C)C. The van der Waals surface area contributed by atoms with Crippen LogP contribution in [-0.2, 0) is 17.6 Å². The smallest absolute Gasteiger partial charge is 0.220 e. The molecule has 0 aromatic heterocycles. The molecule has 0 saturated heterocycles. The van der Waals surface area contributed by atoms with Gasteiger partial charge in [0.25, 0.3) is 0 Å². The number of Topliss-reactive ketones (excluding diaryl/α,β-unsaturated/α-hetero) is 1. The Morgan fingerprint density at radius 3 is 2.37 bits per heavy atom. The van der Waals surface area contributed by atoms with Gasteiger partial charge >= 0.3 is 0 Å². The lowest BCUT2D eigenvalue weighted by molar-refractivity contribution is -0.121. The molecule has 1 aliphatic rings. The first kappa shape index (κ1) is 21.6. The van der Waals surface area contributed by atoms with Crippen molar-refractivity contribution >= 4 is 11.7 Å². The van der Waals surface area contributed by atoms with Crippen molar-refractivity contribution in [3.05, 3.63) is 34.9 Å². The van der Waals surface area contributed by atoms with Gasteiger partial charge in [0.2, 0.25) is 5.91 Å². The quantitative estimate of drug-likeness (QED) is 0.653. The second-order valence-corrected chi connectivity index (χ2v) is 7.93. The van der Waals surface area contributed by atoms with Crippen molar-refractivity contribution in [2.75, 3.05) is 26.2 Å². The number of hydrogen-bond acceptors (Lipinski definition) is 4. The van der Waals surface area contributed by atoms with Crippen LogP contribution >= 0.6 is 0 Å². The molecular weight excluding hydrogens is 338 g/mol. The molecule has 1 aliphatic heterocycles. The number of carbonyl (C=O) groups is 2. The Hall–Kier alpha value is -1.72. The number of amides is 1. The number of ketones is 1. The molecule has 0 fully saturated rings. The Bertz CT molecular complexity index is 632. The van der Waals surface area contributed by atoms with E-state index in [0.717, 1.165) is 38.0 Å². The maximum atomic E-state index is 12.5. The van der Waals surface area contributed by atoms with Gasteiger partial charge in [-0.25, -0.2) is 0 Å². The number of nitrogens with zero attached hydrogens (tertiary/aromatic N) is 1. The zero-order chi connectivity index (χ0) is 19.8. The molecule has 1 aromatic carbocycles. The number of rotatable bonds is 9. The van der Waals surface area contributed by atoms with Gasteiger partial charge in [-0.15, -0.1) is 0 Å². The molecule has 2 N–H and O–H groups in total. The first-order chi connectivity index (χ1) is 12.9. The lowest BCUT2D eigenvalue weighted by Gasteiger charge is -2.30. The number of nitrogens with one attached hydrogen (secondary N) is 2. The molecule has 0 radical (unpaired) electrons. The Kier molecular flexibility index (Phi) is 8.45. The molecule has 0 spiro atoms. The van der Waals surface area contributed by atoms with Crippen molar-refractivity contribution in [2.24, 2.45) is 0 Å². The number of fused-ring (bicyclic) bond motifs is 1. The van der Waals surface area contributed by atoms with E-state index in [4.69, 9.17) is 0 Å². The Morgan fingerprint density at radius 2 is 1.70 bits per heavy atom. The van der Waals surface area contributed by atoms with E-state index in [-0.39, 0.29) is 24.5 Å². The summed E-state index contributed by atoms with van der Waals surface area (Å²) in [7, 11) is 0. The topological polar surface area (TPSA) is 61.4 Å². The van der Waals surface area contributed by atoms with Crippen LogP contribution in [0.3, 0.4) is 0 Å². The summed E-state index contributed by atoms with van der Waals surface area (Å²) in [6.45, 7) is 12.0. The van der Waals surface area contributed by atoms with Crippen molar-refractivity contribution in [1.29, 1.82) is 0 Å². The fourth-order valence-corrected chi connectivity index (χ4v) is 3.74. The number of benzene rings is 1. The maximum Gasteiger partial charge on any atom is 0.220 e. The van der Waals surface area contributed by atoms with Gasteiger partial charge in [-0.1, -0.05) is 12.1 Å². The van der Waals surface area contributed by atoms with Crippen LogP contribution in [0, 0.1) is 0 Å². The second-order valence-electron chi connectivity index (χ2n) is 7.93. The van der Waals surface area contributed by atoms with Gasteiger partial charge in [0.1, 0.15) is 0 Å². The Morgan fingerprint density at radius 1 is 1.04 bits per heavy atom. The van der Waals surface area contributed by atoms with Gasteiger partial charge in [0.15, 0.2) is 5.78 Å². The predicted molar refractivity (Wildman–Crippen MR) is 110 cm³/mol. The molecule has 1 aromatic rings. The zero-order valence-corrected chi connectivity index (χ0v) is 17.3. The fraction of sp³-hybridized carbons (Fsp3) is 0.636. The van der Waals surface area contributed by atoms with Crippen LogP contribution in [0.1, 0.15) is 62.0 Å². The molecule has 27 heavy (non-hydrogen) atoms. The minimum absolute atomic E-state index is 0.0465. The first-order valence-corrected chi connectivity index (χ1v) is 10.3. The first-order valence-electron chi connectivity index (χ1n) is 10.3. The third-order valence-electron chi connectivity index (χ3n) is 5.27. The summed E-state index contributed by atoms with van der Waals surface area (Å²) >= 11 is 0. The summed E-state index contributed by atoms with van der Waals surface area (Å²) in [5.41, 5.74) is 3.32. The summed E-state index contributed by atoms with van der Waals surface area (Å²) in [6.07, 6.45) is 2.48. The highest BCUT2D eigenvalue weighted by Crippen LogP contribution is 2.17. The molecule has 0 atom stereocenters. The lowest BCUT2D eigenvalue weighted by atomic mass is 9.97. The van der Waals surface area contributed by atoms with E-state index in [1.165, 1.54) is 11.1 Å². The van der Waals surface area contributed by atoms with Crippen molar-refractivity contribution in [3.63, 3.8) is 0 Å². The third-order valence-corrected chi connectivity index (χ3v) is 5.27. The predicted octanol–water partition coefficient (Wildman–Crippen LogP) is 2.57. The van der Waals surface area contributed by atoms with Crippen LogP contribution in [0.4, 0.5) is 0 Å². The summed E-state index contributed by atoms with van der Waals surface area (Å²) in [6, 6.07) is 6.90. The molecule has 0 unspecified atom stereocenters. The van der Waals surface area contributed by atoms with E-state index in [2.05, 4.69) is 49.3 Å². The Balaban J connectivity index is 1.78. The van der Waals surface area contributed by atoms with Crippen LogP contribution in [-0.4, -0.2) is 54.9 Å². The molecule has 2 rings (SSSR count). The van der Waals surface area contributed by atoms with E-state index in [1.807, 2.05) is 12.1 Å². The van der Waals surface area contributed by atoms with E-state index >= 15 is 0 Å². The maximum absolute atomic E-state index is 12.5. The average molecular weight is 374 g/mol. The monoisotopic (exact) mass is 373 g/mol. The molecule has 1 heterocycles. The molecule has 150 valence electrons. The van der Waals surface area contributed by atoms with Gasteiger partial charge in [-0.2, -0.15) is 0 Å². The molecule has 5 nitrogen and oxygen atoms in total. The van der Waals surface area contributed by atoms with Crippen LogP contribution in [0.2, 0.25) is 0 Å². The summed E-state index contributed by atoms with van der Waals surface area (Å²) < 4.78 is 0. The molecular formula is C22H35N3O2. The normalized spacial score (nSPS) is 14.3. The highest BCUT2D eigenvalue weighted by molar-refractivity contribution is 5.98. The average Bonchev–Trinajstić information content (AvgIpc) is 2.87. The molecule has 5 heteroatoms. The van der Waals surface area contributed by atoms with E-state index in [9.17, 15) is 9.59 Å². The number of carbonyl (C=O) groups excluding carboxylic acids is 2. The van der Waals surface area contributed by atoms with E-state index < -0.39 is 0 Å². The molecule has 1 amide bonds. The van der Waals surface area contributed by atoms with E-state index in [1.54, 1.807) is 0 Å². The molecule has 0 aliphatic carbocycles. The van der Waals surface area contributed by atoms with Crippen LogP contribution < -0.4 is 10.6 Å². The second kappa shape index (κ2) is 10.6. The minimum Gasteiger partial charge on any atom is -0.355 e. The van der Waals surface area contributed by atoms with E-state index in [0.29, 0.717) is 18.6 Å². The highest BCUT2D eigenvalue weighted by atomic mass is 16.2. The van der Waals surface area contributed by atoms with Crippen molar-refractivity contribution in [3.8, 4) is 0 Å². The van der Waals surface area contributed by atoms with Crippen molar-refractivity contribution in [1.82, 2.24) is 15.5 Å². The summed E-state index contributed by atoms with van der Waals surface area (Å²) in [5, 5.41) is 6.33. The van der Waals surface area contributed by atoms with Gasteiger partial charge in [0.05, 0.1) is 0 Å². The van der Waals surface area contributed by atoms with Crippen LogP contribution in [0.15, 0.2) is 18.2 Å². The summed E-state index contributed by atoms with van der Waals surface area (Å²) in [5.74, 6) is 0.00548. The standard InChI is InChI=1S/C22H35N3O2/c1-16(2)25(17(3)4)14-13-24-22(27)8-7-21(26)20-6-5-18-9-11-23-12-10-19(18)15-20/h5-6,15-17,23H,7-14H2,1-4H3,(H,24,27). The molecule has 0 bridgehead atoms. The lowest BCUT2D eigenvalue weighted by Crippen LogP contribution is -2.42. The van der Waals surface area contributed by atoms with Crippen molar-refractivity contribution in [2.45, 2.75) is 65.5 Å². The Labute approximate surface area is 163 Å². The highest BCUT2D eigenvalue weighted by Gasteiger charge is 2.15. The van der Waals surface area contributed by atoms with Gasteiger partial charge in [-0.3, -0.25) is 14.5 Å². The van der Waals surface area contributed by atoms with Gasteiger partial charge in [0, 0.05) is 43.6 Å². The fourth-order valence-electron chi connectivity index (χ4n) is 3.74. The van der Waals surface area contributed by atoms with Crippen LogP contribution in [0.25, 0.3) is 0 Å². The third kappa shape index (κ3) is 6.74. The largest absolute Gasteiger partial charge is 0.355 e. The van der Waals surface area contributed by atoms with Gasteiger partial charge < -0.3 is 10.6 Å². The number of hydrogen-bond donors (Lipinski definition) is 2. The molecule has 0 saturated carbocycles. The van der Waals surface area contributed by atoms with Crippen LogP contribution in [0.5, 0.6) is 0 Å².